The van der Waals surface area contributed by atoms with Crippen LogP contribution in [0.25, 0.3) is 0 Å². The van der Waals surface area contributed by atoms with Gasteiger partial charge in [-0.05, 0) is 29.8 Å². The average molecular weight is 348 g/mol. The molecule has 0 aliphatic heterocycles. The van der Waals surface area contributed by atoms with E-state index in [2.05, 4.69) is 5.32 Å². The van der Waals surface area contributed by atoms with Crippen LogP contribution < -0.4 is 5.32 Å². The molecule has 0 aliphatic carbocycles. The average Bonchev–Trinajstić information content (AvgIpc) is 2.56. The topological polar surface area (TPSA) is 75.7 Å². The van der Waals surface area contributed by atoms with E-state index in [4.69, 9.17) is 4.74 Å². The molecule has 0 bridgehead atoms. The molecular weight excluding hydrogens is 328 g/mol. The lowest BCUT2D eigenvalue weighted by molar-refractivity contribution is -0.119. The van der Waals surface area contributed by atoms with E-state index in [-0.39, 0.29) is 24.0 Å². The number of anilines is 1. The predicted molar refractivity (Wildman–Crippen MR) is 92.0 cm³/mol. The number of carbonyl (C=O) groups is 1. The molecule has 7 heteroatoms. The number of nitrogens with zero attached hydrogens (tertiary/aromatic N) is 1. The quantitative estimate of drug-likeness (QED) is 0.831. The van der Waals surface area contributed by atoms with Crippen molar-refractivity contribution in [2.24, 2.45) is 0 Å². The molecule has 0 fully saturated rings. The maximum absolute atomic E-state index is 12.6. The van der Waals surface area contributed by atoms with Crippen LogP contribution in [0.1, 0.15) is 5.56 Å². The minimum Gasteiger partial charge on any atom is -0.375 e. The van der Waals surface area contributed by atoms with Gasteiger partial charge in [-0.1, -0.05) is 30.3 Å². The molecule has 0 saturated carbocycles. The summed E-state index contributed by atoms with van der Waals surface area (Å²) in [6, 6.07) is 15.4. The van der Waals surface area contributed by atoms with Gasteiger partial charge in [-0.3, -0.25) is 4.79 Å². The van der Waals surface area contributed by atoms with Gasteiger partial charge >= 0.3 is 0 Å². The molecule has 0 spiro atoms. The molecule has 0 aliphatic rings. The molecular formula is C17H20N2O4S. The minimum absolute atomic E-state index is 0.0557. The van der Waals surface area contributed by atoms with E-state index >= 15 is 0 Å². The second kappa shape index (κ2) is 8.05. The van der Waals surface area contributed by atoms with Crippen LogP contribution in [-0.4, -0.2) is 39.4 Å². The van der Waals surface area contributed by atoms with Crippen LogP contribution in [0.3, 0.4) is 0 Å². The summed E-state index contributed by atoms with van der Waals surface area (Å²) >= 11 is 0. The summed E-state index contributed by atoms with van der Waals surface area (Å²) in [5, 5.41) is 2.62. The van der Waals surface area contributed by atoms with Crippen LogP contribution in [0.5, 0.6) is 0 Å². The zero-order valence-corrected chi connectivity index (χ0v) is 14.4. The highest BCUT2D eigenvalue weighted by Crippen LogP contribution is 2.19. The first kappa shape index (κ1) is 18.1. The molecule has 0 atom stereocenters. The molecule has 0 aromatic heterocycles. The fraction of sp³-hybridized carbons (Fsp3) is 0.235. The van der Waals surface area contributed by atoms with Crippen molar-refractivity contribution >= 4 is 21.6 Å². The standard InChI is InChI=1S/C17H20N2O4S/c1-19(12-14-6-4-3-5-7-14)24(21,22)16-10-8-15(9-11-16)18-17(20)13-23-2/h3-11H,12-13H2,1-2H3,(H,18,20). The van der Waals surface area contributed by atoms with Gasteiger partial charge in [-0.2, -0.15) is 4.31 Å². The number of methoxy groups -OCH3 is 1. The number of amides is 1. The number of sulfonamides is 1. The Bertz CT molecular complexity index is 774. The molecule has 128 valence electrons. The first-order chi connectivity index (χ1) is 11.4. The van der Waals surface area contributed by atoms with Gasteiger partial charge in [0.25, 0.3) is 0 Å². The second-order valence-corrected chi connectivity index (χ2v) is 7.30. The summed E-state index contributed by atoms with van der Waals surface area (Å²) in [6.45, 7) is 0.232. The second-order valence-electron chi connectivity index (χ2n) is 5.25. The fourth-order valence-corrected chi connectivity index (χ4v) is 3.30. The van der Waals surface area contributed by atoms with E-state index in [0.29, 0.717) is 5.69 Å². The molecule has 0 saturated heterocycles. The molecule has 0 heterocycles. The lowest BCUT2D eigenvalue weighted by atomic mass is 10.2. The minimum atomic E-state index is -3.60. The number of hydrogen-bond acceptors (Lipinski definition) is 4. The van der Waals surface area contributed by atoms with Crippen molar-refractivity contribution in [3.63, 3.8) is 0 Å². The van der Waals surface area contributed by atoms with Gasteiger partial charge in [0, 0.05) is 26.4 Å². The Morgan fingerprint density at radius 3 is 2.29 bits per heavy atom. The van der Waals surface area contributed by atoms with E-state index in [1.165, 1.54) is 30.6 Å². The van der Waals surface area contributed by atoms with Gasteiger partial charge in [-0.25, -0.2) is 8.42 Å². The van der Waals surface area contributed by atoms with Crippen molar-refractivity contribution in [2.75, 3.05) is 26.1 Å². The van der Waals surface area contributed by atoms with E-state index in [1.807, 2.05) is 30.3 Å². The summed E-state index contributed by atoms with van der Waals surface area (Å²) in [5.74, 6) is -0.297. The number of carbonyl (C=O) groups excluding carboxylic acids is 1. The first-order valence-electron chi connectivity index (χ1n) is 7.32. The summed E-state index contributed by atoms with van der Waals surface area (Å²) in [4.78, 5) is 11.6. The van der Waals surface area contributed by atoms with Crippen LogP contribution in [0, 0.1) is 0 Å². The highest BCUT2D eigenvalue weighted by molar-refractivity contribution is 7.89. The Morgan fingerprint density at radius 1 is 1.08 bits per heavy atom. The number of rotatable bonds is 7. The Kier molecular flexibility index (Phi) is 6.08. The van der Waals surface area contributed by atoms with Crippen molar-refractivity contribution in [3.05, 3.63) is 60.2 Å². The van der Waals surface area contributed by atoms with Gasteiger partial charge in [-0.15, -0.1) is 0 Å². The molecule has 1 N–H and O–H groups in total. The van der Waals surface area contributed by atoms with Gasteiger partial charge < -0.3 is 10.1 Å². The SMILES string of the molecule is COCC(=O)Nc1ccc(S(=O)(=O)N(C)Cc2ccccc2)cc1. The van der Waals surface area contributed by atoms with E-state index in [9.17, 15) is 13.2 Å². The van der Waals surface area contributed by atoms with Gasteiger partial charge in [0.15, 0.2) is 0 Å². The normalized spacial score (nSPS) is 11.5. The molecule has 2 aromatic carbocycles. The lowest BCUT2D eigenvalue weighted by Gasteiger charge is -2.17. The third-order valence-electron chi connectivity index (χ3n) is 3.37. The number of nitrogens with one attached hydrogen (secondary N) is 1. The van der Waals surface area contributed by atoms with Crippen LogP contribution in [0.15, 0.2) is 59.5 Å². The van der Waals surface area contributed by atoms with Crippen LogP contribution in [-0.2, 0) is 26.1 Å². The monoisotopic (exact) mass is 348 g/mol. The number of ether oxygens (including phenoxy) is 1. The molecule has 24 heavy (non-hydrogen) atoms. The van der Waals surface area contributed by atoms with E-state index < -0.39 is 10.0 Å². The van der Waals surface area contributed by atoms with Crippen molar-refractivity contribution in [2.45, 2.75) is 11.4 Å². The smallest absolute Gasteiger partial charge is 0.250 e. The molecule has 0 radical (unpaired) electrons. The van der Waals surface area contributed by atoms with E-state index in [1.54, 1.807) is 12.1 Å². The highest BCUT2D eigenvalue weighted by Gasteiger charge is 2.20. The van der Waals surface area contributed by atoms with Crippen molar-refractivity contribution in [1.82, 2.24) is 4.31 Å². The summed E-state index contributed by atoms with van der Waals surface area (Å²) < 4.78 is 31.2. The van der Waals surface area contributed by atoms with Crippen LogP contribution in [0.2, 0.25) is 0 Å². The van der Waals surface area contributed by atoms with Crippen LogP contribution >= 0.6 is 0 Å². The third kappa shape index (κ3) is 4.64. The molecule has 0 unspecified atom stereocenters. The molecule has 1 amide bonds. The zero-order chi connectivity index (χ0) is 17.6. The maximum Gasteiger partial charge on any atom is 0.250 e. The Labute approximate surface area is 142 Å². The Morgan fingerprint density at radius 2 is 1.71 bits per heavy atom. The Balaban J connectivity index is 2.10. The van der Waals surface area contributed by atoms with Crippen LogP contribution in [0.4, 0.5) is 5.69 Å². The van der Waals surface area contributed by atoms with Crippen molar-refractivity contribution in [1.29, 1.82) is 0 Å². The first-order valence-corrected chi connectivity index (χ1v) is 8.76. The predicted octanol–water partition coefficient (Wildman–Crippen LogP) is 2.09. The lowest BCUT2D eigenvalue weighted by Crippen LogP contribution is -2.26. The Hall–Kier alpha value is -2.22. The highest BCUT2D eigenvalue weighted by atomic mass is 32.2. The van der Waals surface area contributed by atoms with Gasteiger partial charge in [0.1, 0.15) is 6.61 Å². The number of benzene rings is 2. The fourth-order valence-electron chi connectivity index (χ4n) is 2.14. The van der Waals surface area contributed by atoms with Crippen molar-refractivity contribution in [3.8, 4) is 0 Å². The van der Waals surface area contributed by atoms with Crippen molar-refractivity contribution < 1.29 is 17.9 Å². The maximum atomic E-state index is 12.6. The van der Waals surface area contributed by atoms with Gasteiger partial charge in [0.05, 0.1) is 4.90 Å². The number of hydrogen-bond donors (Lipinski definition) is 1. The van der Waals surface area contributed by atoms with E-state index in [0.717, 1.165) is 5.56 Å². The largest absolute Gasteiger partial charge is 0.375 e. The summed E-state index contributed by atoms with van der Waals surface area (Å²) in [6.07, 6.45) is 0. The summed E-state index contributed by atoms with van der Waals surface area (Å²) in [5.41, 5.74) is 1.42. The van der Waals surface area contributed by atoms with Gasteiger partial charge in [0.2, 0.25) is 15.9 Å². The third-order valence-corrected chi connectivity index (χ3v) is 5.19. The molecule has 2 rings (SSSR count). The molecule has 6 nitrogen and oxygen atoms in total. The summed E-state index contributed by atoms with van der Waals surface area (Å²) in [7, 11) is -0.630. The molecule has 2 aromatic rings. The zero-order valence-electron chi connectivity index (χ0n) is 13.6.